The summed E-state index contributed by atoms with van der Waals surface area (Å²) >= 11 is 0. The van der Waals surface area contributed by atoms with Gasteiger partial charge in [-0.3, -0.25) is 0 Å². The second-order valence-corrected chi connectivity index (χ2v) is 12.2. The van der Waals surface area contributed by atoms with Crippen LogP contribution in [0, 0.1) is 5.92 Å². The van der Waals surface area contributed by atoms with Crippen molar-refractivity contribution in [2.45, 2.75) is 61.9 Å². The molecule has 3 saturated carbocycles. The molecule has 192 valence electrons. The Bertz CT molecular complexity index is 1290. The van der Waals surface area contributed by atoms with Gasteiger partial charge >= 0.3 is 5.97 Å². The molecule has 1 aliphatic heterocycles. The fourth-order valence-electron chi connectivity index (χ4n) is 5.77. The minimum atomic E-state index is -3.89. The number of hydrogen-bond acceptors (Lipinski definition) is 5. The largest absolute Gasteiger partial charge is 0.476 e. The highest BCUT2D eigenvalue weighted by atomic mass is 32.2. The molecule has 3 aliphatic carbocycles. The fraction of sp³-hybridized carbons (Fsp3) is 0.444. The molecular formula is C27H31FN2O5S. The van der Waals surface area contributed by atoms with Crippen LogP contribution in [0.15, 0.2) is 59.4 Å². The predicted molar refractivity (Wildman–Crippen MR) is 135 cm³/mol. The third kappa shape index (κ3) is 4.08. The molecule has 7 nitrogen and oxygen atoms in total. The van der Waals surface area contributed by atoms with Crippen LogP contribution in [-0.2, 0) is 14.8 Å². The Morgan fingerprint density at radius 2 is 1.92 bits per heavy atom. The zero-order chi connectivity index (χ0) is 25.7. The van der Waals surface area contributed by atoms with Crippen LogP contribution in [0.1, 0.15) is 45.4 Å². The summed E-state index contributed by atoms with van der Waals surface area (Å²) in [5.41, 5.74) is 1.93. The van der Waals surface area contributed by atoms with Crippen LogP contribution < -0.4 is 9.64 Å². The zero-order valence-electron chi connectivity index (χ0n) is 20.5. The van der Waals surface area contributed by atoms with Gasteiger partial charge in [0.15, 0.2) is 0 Å². The van der Waals surface area contributed by atoms with Gasteiger partial charge in [-0.15, -0.1) is 0 Å². The van der Waals surface area contributed by atoms with Crippen molar-refractivity contribution in [3.05, 3.63) is 54.6 Å². The van der Waals surface area contributed by atoms with E-state index in [0.717, 1.165) is 44.1 Å². The van der Waals surface area contributed by atoms with Crippen molar-refractivity contribution in [2.24, 2.45) is 5.92 Å². The topological polar surface area (TPSA) is 87.1 Å². The molecule has 0 amide bonds. The van der Waals surface area contributed by atoms with Crippen LogP contribution in [0.2, 0.25) is 0 Å². The summed E-state index contributed by atoms with van der Waals surface area (Å²) < 4.78 is 48.6. The maximum Gasteiger partial charge on any atom is 0.368 e. The van der Waals surface area contributed by atoms with Gasteiger partial charge in [-0.25, -0.2) is 13.2 Å². The summed E-state index contributed by atoms with van der Waals surface area (Å²) in [7, 11) is -2.27. The molecule has 0 aromatic heterocycles. The quantitative estimate of drug-likeness (QED) is 0.386. The Balaban J connectivity index is 1.70. The third-order valence-corrected chi connectivity index (χ3v) is 9.90. The lowest BCUT2D eigenvalue weighted by molar-refractivity contribution is -0.134. The number of anilines is 1. The highest BCUT2D eigenvalue weighted by molar-refractivity contribution is 7.89. The normalized spacial score (nSPS) is 26.9. The van der Waals surface area contributed by atoms with Gasteiger partial charge < -0.3 is 14.7 Å². The first-order valence-electron chi connectivity index (χ1n) is 12.4. The molecule has 0 unspecified atom stereocenters. The van der Waals surface area contributed by atoms with Crippen LogP contribution in [0.5, 0.6) is 5.75 Å². The van der Waals surface area contributed by atoms with Crippen LogP contribution >= 0.6 is 0 Å². The van der Waals surface area contributed by atoms with E-state index in [2.05, 4.69) is 11.8 Å². The first-order chi connectivity index (χ1) is 17.2. The number of carbonyl (C=O) groups is 1. The van der Waals surface area contributed by atoms with Gasteiger partial charge in [-0.1, -0.05) is 50.1 Å². The number of carboxylic acids is 1. The van der Waals surface area contributed by atoms with E-state index in [1.807, 2.05) is 36.4 Å². The van der Waals surface area contributed by atoms with Gasteiger partial charge in [-0.05, 0) is 43.2 Å². The number of aliphatic carboxylic acids is 1. The molecule has 4 aliphatic rings. The highest BCUT2D eigenvalue weighted by Gasteiger charge is 2.61. The standard InChI is InChI=1S/C27H31FN2O5S/c1-3-4-10-20-16-30(27-13-18(14-27)15-27)23-11-21(19-8-6-5-7-9-19)24(35-17-22(28)26(31)32)12-25(23)36(33,34)29(20)2/h5-9,11-12,17-18,20H,3-4,10,13-16H2,1-2H3,(H,31,32)/b22-17-/t18?,20-,27?/m1/s1. The molecule has 2 aromatic rings. The average Bonchev–Trinajstić information content (AvgIpc) is 2.88. The number of hydrogen-bond donors (Lipinski definition) is 1. The SMILES string of the molecule is CCCC[C@@H]1CN(C23CC(C2)C3)c2cc(-c3ccccc3)c(O/C=C(\F)C(=O)O)cc2S(=O)(=O)N1C. The van der Waals surface area contributed by atoms with Crippen molar-refractivity contribution in [1.82, 2.24) is 4.31 Å². The van der Waals surface area contributed by atoms with Crippen LogP contribution in [0.25, 0.3) is 11.1 Å². The van der Waals surface area contributed by atoms with Gasteiger partial charge in [0.1, 0.15) is 16.9 Å². The third-order valence-electron chi connectivity index (χ3n) is 7.96. The minimum Gasteiger partial charge on any atom is -0.476 e. The lowest BCUT2D eigenvalue weighted by Crippen LogP contribution is -2.69. The lowest BCUT2D eigenvalue weighted by atomic mass is 9.49. The smallest absolute Gasteiger partial charge is 0.368 e. The molecule has 1 N–H and O–H groups in total. The van der Waals surface area contributed by atoms with E-state index >= 15 is 0 Å². The van der Waals surface area contributed by atoms with E-state index in [9.17, 15) is 17.6 Å². The Hall–Kier alpha value is -2.91. The number of fused-ring (bicyclic) bond motifs is 1. The molecule has 2 bridgehead atoms. The number of unbranched alkanes of at least 4 members (excludes halogenated alkanes) is 1. The van der Waals surface area contributed by atoms with Gasteiger partial charge in [-0.2, -0.15) is 8.70 Å². The maximum atomic E-state index is 13.9. The van der Waals surface area contributed by atoms with Crippen molar-refractivity contribution in [1.29, 1.82) is 0 Å². The van der Waals surface area contributed by atoms with Crippen LogP contribution in [0.3, 0.4) is 0 Å². The summed E-state index contributed by atoms with van der Waals surface area (Å²) in [6, 6.07) is 12.4. The molecule has 9 heteroatoms. The lowest BCUT2D eigenvalue weighted by Gasteiger charge is -2.67. The highest BCUT2D eigenvalue weighted by Crippen LogP contribution is 2.62. The van der Waals surface area contributed by atoms with Gasteiger partial charge in [0.25, 0.3) is 0 Å². The molecular weight excluding hydrogens is 483 g/mol. The van der Waals surface area contributed by atoms with E-state index < -0.39 is 21.8 Å². The van der Waals surface area contributed by atoms with E-state index in [1.165, 1.54) is 10.4 Å². The fourth-order valence-corrected chi connectivity index (χ4v) is 7.34. The van der Waals surface area contributed by atoms with Crippen molar-refractivity contribution in [3.8, 4) is 16.9 Å². The number of sulfonamides is 1. The van der Waals surface area contributed by atoms with Gasteiger partial charge in [0.05, 0.1) is 5.69 Å². The predicted octanol–water partition coefficient (Wildman–Crippen LogP) is 5.18. The number of benzene rings is 2. The zero-order valence-corrected chi connectivity index (χ0v) is 21.3. The van der Waals surface area contributed by atoms with E-state index in [-0.39, 0.29) is 22.2 Å². The molecule has 0 saturated heterocycles. The van der Waals surface area contributed by atoms with E-state index in [4.69, 9.17) is 9.84 Å². The number of nitrogens with zero attached hydrogens (tertiary/aromatic N) is 2. The van der Waals surface area contributed by atoms with Crippen LogP contribution in [0.4, 0.5) is 10.1 Å². The van der Waals surface area contributed by atoms with Crippen LogP contribution in [-0.4, -0.2) is 49.0 Å². The molecule has 2 aromatic carbocycles. The molecule has 0 spiro atoms. The number of rotatable bonds is 8. The maximum absolute atomic E-state index is 13.9. The molecule has 36 heavy (non-hydrogen) atoms. The second-order valence-electron chi connectivity index (χ2n) is 10.2. The second kappa shape index (κ2) is 9.19. The molecule has 0 radical (unpaired) electrons. The first-order valence-corrected chi connectivity index (χ1v) is 13.8. The Kier molecular flexibility index (Phi) is 6.32. The number of halogens is 1. The molecule has 3 fully saturated rings. The monoisotopic (exact) mass is 514 g/mol. The van der Waals surface area contributed by atoms with Crippen molar-refractivity contribution in [2.75, 3.05) is 18.5 Å². The summed E-state index contributed by atoms with van der Waals surface area (Å²) in [5.74, 6) is -2.44. The summed E-state index contributed by atoms with van der Waals surface area (Å²) in [4.78, 5) is 13.4. The van der Waals surface area contributed by atoms with Crippen molar-refractivity contribution >= 4 is 21.7 Å². The summed E-state index contributed by atoms with van der Waals surface area (Å²) in [5, 5.41) is 8.92. The molecule has 1 heterocycles. The molecule has 6 rings (SSSR count). The number of likely N-dealkylation sites (N-methyl/N-ethyl adjacent to an activating group) is 1. The minimum absolute atomic E-state index is 0.0315. The Morgan fingerprint density at radius 1 is 1.22 bits per heavy atom. The summed E-state index contributed by atoms with van der Waals surface area (Å²) in [6.07, 6.45) is 6.34. The van der Waals surface area contributed by atoms with E-state index in [1.54, 1.807) is 7.05 Å². The van der Waals surface area contributed by atoms with Gasteiger partial charge in [0, 0.05) is 36.8 Å². The van der Waals surface area contributed by atoms with Gasteiger partial charge in [0.2, 0.25) is 15.9 Å². The Morgan fingerprint density at radius 3 is 2.50 bits per heavy atom. The first kappa shape index (κ1) is 24.8. The molecule has 1 atom stereocenters. The Labute approximate surface area is 211 Å². The average molecular weight is 515 g/mol. The van der Waals surface area contributed by atoms with Crippen molar-refractivity contribution in [3.63, 3.8) is 0 Å². The number of ether oxygens (including phenoxy) is 1. The van der Waals surface area contributed by atoms with Crippen molar-refractivity contribution < 1.29 is 27.4 Å². The summed E-state index contributed by atoms with van der Waals surface area (Å²) in [6.45, 7) is 2.70. The van der Waals surface area contributed by atoms with E-state index in [0.29, 0.717) is 30.0 Å². The number of carboxylic acid groups (broad SMARTS) is 1.